The highest BCUT2D eigenvalue weighted by molar-refractivity contribution is 7.36. The molecule has 0 N–H and O–H groups in total. The van der Waals surface area contributed by atoms with Crippen molar-refractivity contribution in [2.24, 2.45) is 0 Å². The maximum atomic E-state index is 2.24. The smallest absolute Gasteiger partial charge is 0.0290 e. The summed E-state index contributed by atoms with van der Waals surface area (Å²) in [5, 5.41) is 0. The summed E-state index contributed by atoms with van der Waals surface area (Å²) >= 11 is 0. The van der Waals surface area contributed by atoms with Crippen molar-refractivity contribution >= 4 is 8.58 Å². The van der Waals surface area contributed by atoms with Crippen LogP contribution in [0.4, 0.5) is 0 Å². The molecule has 0 saturated carbocycles. The lowest BCUT2D eigenvalue weighted by atomic mass is 10.3. The number of hydrogen-bond acceptors (Lipinski definition) is 0. The van der Waals surface area contributed by atoms with Crippen molar-refractivity contribution in [3.8, 4) is 0 Å². The van der Waals surface area contributed by atoms with Gasteiger partial charge < -0.3 is 0 Å². The van der Waals surface area contributed by atoms with Gasteiger partial charge in [-0.15, -0.1) is 0 Å². The van der Waals surface area contributed by atoms with Crippen LogP contribution >= 0.6 is 8.58 Å². The average Bonchev–Trinajstić information content (AvgIpc) is 1.69. The van der Waals surface area contributed by atoms with E-state index in [0.717, 1.165) is 0 Å². The quantitative estimate of drug-likeness (QED) is 0.392. The Balaban J connectivity index is 2.45. The second kappa shape index (κ2) is 6.43. The van der Waals surface area contributed by atoms with Crippen LogP contribution in [0.3, 0.4) is 0 Å². The highest BCUT2D eigenvalue weighted by Crippen LogP contribution is 2.06. The summed E-state index contributed by atoms with van der Waals surface area (Å²) in [4.78, 5) is 0. The fourth-order valence-corrected chi connectivity index (χ4v) is 1.06. The van der Waals surface area contributed by atoms with Crippen molar-refractivity contribution in [3.05, 3.63) is 0 Å². The largest absolute Gasteiger partial charge is 0.0844 e. The van der Waals surface area contributed by atoms with E-state index in [9.17, 15) is 0 Å². The lowest BCUT2D eigenvalue weighted by Crippen LogP contribution is -1.73. The summed E-state index contributed by atoms with van der Waals surface area (Å²) in [6.07, 6.45) is 5.60. The molecule has 0 amide bonds. The molecule has 1 radical (unpaired) electrons. The zero-order valence-electron chi connectivity index (χ0n) is 5.28. The SMILES string of the molecule is CCCCC[P]C. The van der Waals surface area contributed by atoms with Crippen molar-refractivity contribution < 1.29 is 0 Å². The van der Waals surface area contributed by atoms with Gasteiger partial charge in [0.25, 0.3) is 0 Å². The first-order chi connectivity index (χ1) is 3.41. The molecule has 43 valence electrons. The van der Waals surface area contributed by atoms with Crippen molar-refractivity contribution in [2.45, 2.75) is 26.2 Å². The Morgan fingerprint density at radius 2 is 2.00 bits per heavy atom. The van der Waals surface area contributed by atoms with Gasteiger partial charge in [-0.2, -0.15) is 0 Å². The molecule has 1 heteroatoms. The van der Waals surface area contributed by atoms with E-state index in [1.807, 2.05) is 0 Å². The topological polar surface area (TPSA) is 0 Å². The van der Waals surface area contributed by atoms with Crippen molar-refractivity contribution in [3.63, 3.8) is 0 Å². The number of hydrogen-bond donors (Lipinski definition) is 0. The summed E-state index contributed by atoms with van der Waals surface area (Å²) in [6.45, 7) is 4.46. The van der Waals surface area contributed by atoms with Crippen LogP contribution in [0.2, 0.25) is 0 Å². The highest BCUT2D eigenvalue weighted by Gasteiger charge is 1.80. The van der Waals surface area contributed by atoms with Crippen LogP contribution in [-0.4, -0.2) is 12.8 Å². The van der Waals surface area contributed by atoms with E-state index < -0.39 is 0 Å². The zero-order chi connectivity index (χ0) is 5.54. The van der Waals surface area contributed by atoms with Crippen LogP contribution in [0.25, 0.3) is 0 Å². The lowest BCUT2D eigenvalue weighted by molar-refractivity contribution is 0.777. The van der Waals surface area contributed by atoms with E-state index in [2.05, 4.69) is 13.6 Å². The van der Waals surface area contributed by atoms with Crippen molar-refractivity contribution in [1.82, 2.24) is 0 Å². The molecule has 0 saturated heterocycles. The molecule has 0 aliphatic heterocycles. The predicted octanol–water partition coefficient (Wildman–Crippen LogP) is 2.75. The first-order valence-electron chi connectivity index (χ1n) is 2.97. The molecule has 0 bridgehead atoms. The summed E-state index contributed by atoms with van der Waals surface area (Å²) < 4.78 is 0. The molecule has 0 heterocycles. The molecule has 0 nitrogen and oxygen atoms in total. The molecule has 0 aliphatic carbocycles. The summed E-state index contributed by atoms with van der Waals surface area (Å²) in [5.41, 5.74) is 0. The summed E-state index contributed by atoms with van der Waals surface area (Å²) in [5.74, 6) is 0. The Labute approximate surface area is 48.5 Å². The summed E-state index contributed by atoms with van der Waals surface area (Å²) in [7, 11) is 1.55. The molecule has 0 unspecified atom stereocenters. The van der Waals surface area contributed by atoms with E-state index in [1.54, 1.807) is 8.58 Å². The molecule has 0 atom stereocenters. The second-order valence-electron chi connectivity index (χ2n) is 1.75. The minimum atomic E-state index is 1.36. The molecule has 7 heavy (non-hydrogen) atoms. The molecular formula is C6H14P. The maximum absolute atomic E-state index is 2.24. The molecule has 0 fully saturated rings. The van der Waals surface area contributed by atoms with Crippen LogP contribution in [-0.2, 0) is 0 Å². The Kier molecular flexibility index (Phi) is 6.82. The van der Waals surface area contributed by atoms with Gasteiger partial charge in [-0.05, 0) is 19.2 Å². The fraction of sp³-hybridized carbons (Fsp3) is 1.00. The molecule has 0 spiro atoms. The Hall–Kier alpha value is 0.430. The molecular weight excluding hydrogens is 103 g/mol. The van der Waals surface area contributed by atoms with Crippen LogP contribution in [0, 0.1) is 0 Å². The van der Waals surface area contributed by atoms with E-state index in [4.69, 9.17) is 0 Å². The Morgan fingerprint density at radius 3 is 2.43 bits per heavy atom. The standard InChI is InChI=1S/C6H14P/c1-3-4-5-6-7-2/h3-6H2,1-2H3. The van der Waals surface area contributed by atoms with Crippen LogP contribution < -0.4 is 0 Å². The number of rotatable bonds is 4. The third-order valence-electron chi connectivity index (χ3n) is 0.985. The van der Waals surface area contributed by atoms with Gasteiger partial charge in [0.05, 0.1) is 0 Å². The minimum absolute atomic E-state index is 1.36. The molecule has 0 aromatic carbocycles. The fourth-order valence-electron chi connectivity index (χ4n) is 0.520. The second-order valence-corrected chi connectivity index (χ2v) is 2.83. The van der Waals surface area contributed by atoms with E-state index in [1.165, 1.54) is 25.4 Å². The first kappa shape index (κ1) is 7.43. The molecule has 0 rings (SSSR count). The Bertz CT molecular complexity index is 23.4. The highest BCUT2D eigenvalue weighted by atomic mass is 31.1. The average molecular weight is 117 g/mol. The van der Waals surface area contributed by atoms with Gasteiger partial charge in [0.15, 0.2) is 0 Å². The normalized spacial score (nSPS) is 11.1. The van der Waals surface area contributed by atoms with Gasteiger partial charge in [-0.3, -0.25) is 0 Å². The van der Waals surface area contributed by atoms with Crippen LogP contribution in [0.5, 0.6) is 0 Å². The minimum Gasteiger partial charge on any atom is -0.0844 e. The van der Waals surface area contributed by atoms with E-state index >= 15 is 0 Å². The van der Waals surface area contributed by atoms with Gasteiger partial charge in [0, 0.05) is 0 Å². The molecule has 0 aromatic rings. The first-order valence-corrected chi connectivity index (χ1v) is 4.50. The van der Waals surface area contributed by atoms with Gasteiger partial charge in [-0.1, -0.05) is 28.3 Å². The van der Waals surface area contributed by atoms with Gasteiger partial charge in [0.1, 0.15) is 0 Å². The van der Waals surface area contributed by atoms with E-state index in [-0.39, 0.29) is 0 Å². The van der Waals surface area contributed by atoms with Crippen LogP contribution in [0.1, 0.15) is 26.2 Å². The molecule has 0 aromatic heterocycles. The van der Waals surface area contributed by atoms with Gasteiger partial charge >= 0.3 is 0 Å². The van der Waals surface area contributed by atoms with Crippen LogP contribution in [0.15, 0.2) is 0 Å². The molecule has 0 aliphatic rings. The van der Waals surface area contributed by atoms with E-state index in [0.29, 0.717) is 0 Å². The zero-order valence-corrected chi connectivity index (χ0v) is 6.17. The maximum Gasteiger partial charge on any atom is -0.0290 e. The number of unbranched alkanes of at least 4 members (excludes halogenated alkanes) is 2. The lowest BCUT2D eigenvalue weighted by Gasteiger charge is -1.90. The summed E-state index contributed by atoms with van der Waals surface area (Å²) in [6, 6.07) is 0. The monoisotopic (exact) mass is 117 g/mol. The third-order valence-corrected chi connectivity index (χ3v) is 1.75. The van der Waals surface area contributed by atoms with Gasteiger partial charge in [-0.25, -0.2) is 0 Å². The van der Waals surface area contributed by atoms with Crippen molar-refractivity contribution in [2.75, 3.05) is 12.8 Å². The third kappa shape index (κ3) is 6.43. The predicted molar refractivity (Wildman–Crippen MR) is 37.2 cm³/mol. The van der Waals surface area contributed by atoms with Crippen molar-refractivity contribution in [1.29, 1.82) is 0 Å². The Morgan fingerprint density at radius 1 is 1.29 bits per heavy atom. The van der Waals surface area contributed by atoms with Gasteiger partial charge in [0.2, 0.25) is 0 Å².